The van der Waals surface area contributed by atoms with Crippen LogP contribution in [-0.4, -0.2) is 6.54 Å². The molecule has 2 aliphatic rings. The first-order valence-electron chi connectivity index (χ1n) is 5.67. The van der Waals surface area contributed by atoms with Crippen LogP contribution in [0, 0.1) is 6.92 Å². The van der Waals surface area contributed by atoms with E-state index in [9.17, 15) is 0 Å². The Morgan fingerprint density at radius 2 is 2.07 bits per heavy atom. The van der Waals surface area contributed by atoms with Gasteiger partial charge in [-0.15, -0.1) is 0 Å². The third-order valence-electron chi connectivity index (χ3n) is 3.49. The van der Waals surface area contributed by atoms with Gasteiger partial charge in [0.25, 0.3) is 0 Å². The molecule has 1 N–H and O–H groups in total. The number of aryl methyl sites for hydroxylation is 1. The Balaban J connectivity index is 2.05. The quantitative estimate of drug-likeness (QED) is 0.712. The van der Waals surface area contributed by atoms with E-state index < -0.39 is 0 Å². The fourth-order valence-electron chi connectivity index (χ4n) is 2.51. The summed E-state index contributed by atoms with van der Waals surface area (Å²) >= 11 is 0. The molecule has 1 heteroatoms. The summed E-state index contributed by atoms with van der Waals surface area (Å²) in [5.74, 6) is 0.898. The largest absolute Gasteiger partial charge is 0.312 e. The number of hydrogen-bond donors (Lipinski definition) is 1. The maximum absolute atomic E-state index is 3.43. The first-order chi connectivity index (χ1) is 6.84. The third-order valence-corrected chi connectivity index (χ3v) is 3.49. The van der Waals surface area contributed by atoms with Crippen LogP contribution in [0.15, 0.2) is 12.1 Å². The Kier molecular flexibility index (Phi) is 1.88. The molecule has 0 atom stereocenters. The van der Waals surface area contributed by atoms with Gasteiger partial charge in [0.05, 0.1) is 0 Å². The maximum Gasteiger partial charge on any atom is 0.0208 e. The molecule has 0 amide bonds. The molecular formula is C13H17N. The number of benzene rings is 1. The first-order valence-corrected chi connectivity index (χ1v) is 5.67. The summed E-state index contributed by atoms with van der Waals surface area (Å²) in [4.78, 5) is 0. The van der Waals surface area contributed by atoms with Gasteiger partial charge in [0.15, 0.2) is 0 Å². The van der Waals surface area contributed by atoms with Crippen molar-refractivity contribution in [3.8, 4) is 0 Å². The van der Waals surface area contributed by atoms with Crippen LogP contribution in [0.5, 0.6) is 0 Å². The van der Waals surface area contributed by atoms with Gasteiger partial charge in [-0.1, -0.05) is 12.1 Å². The van der Waals surface area contributed by atoms with Crippen LogP contribution >= 0.6 is 0 Å². The van der Waals surface area contributed by atoms with E-state index in [0.717, 1.165) is 19.0 Å². The smallest absolute Gasteiger partial charge is 0.0208 e. The highest BCUT2D eigenvalue weighted by atomic mass is 14.9. The highest BCUT2D eigenvalue weighted by molar-refractivity contribution is 5.42. The van der Waals surface area contributed by atoms with E-state index >= 15 is 0 Å². The summed E-state index contributed by atoms with van der Waals surface area (Å²) in [5.41, 5.74) is 6.26. The van der Waals surface area contributed by atoms with Crippen molar-refractivity contribution in [2.24, 2.45) is 0 Å². The van der Waals surface area contributed by atoms with Crippen molar-refractivity contribution in [1.82, 2.24) is 5.32 Å². The van der Waals surface area contributed by atoms with Gasteiger partial charge >= 0.3 is 0 Å². The van der Waals surface area contributed by atoms with Crippen molar-refractivity contribution < 1.29 is 0 Å². The van der Waals surface area contributed by atoms with Crippen molar-refractivity contribution in [2.45, 2.75) is 38.6 Å². The van der Waals surface area contributed by atoms with E-state index in [0.29, 0.717) is 0 Å². The molecule has 1 nitrogen and oxygen atoms in total. The molecule has 0 aromatic heterocycles. The maximum atomic E-state index is 3.43. The number of hydrogen-bond acceptors (Lipinski definition) is 1. The van der Waals surface area contributed by atoms with Crippen molar-refractivity contribution in [1.29, 1.82) is 0 Å². The summed E-state index contributed by atoms with van der Waals surface area (Å²) in [5, 5.41) is 3.43. The van der Waals surface area contributed by atoms with Gasteiger partial charge in [0.1, 0.15) is 0 Å². The zero-order valence-electron chi connectivity index (χ0n) is 8.77. The summed E-state index contributed by atoms with van der Waals surface area (Å²) in [6, 6.07) is 4.87. The van der Waals surface area contributed by atoms with Gasteiger partial charge in [0, 0.05) is 6.54 Å². The number of nitrogens with one attached hydrogen (secondary N) is 1. The topological polar surface area (TPSA) is 12.0 Å². The van der Waals surface area contributed by atoms with Crippen LogP contribution in [0.2, 0.25) is 0 Å². The van der Waals surface area contributed by atoms with Gasteiger partial charge in [0.2, 0.25) is 0 Å². The standard InChI is InChI=1S/C13H17N/c1-9-6-12-8-14-5-4-11(12)7-13(9)10-2-3-10/h6-7,10,14H,2-5,8H2,1H3. The van der Waals surface area contributed by atoms with Crippen molar-refractivity contribution in [3.05, 3.63) is 34.4 Å². The minimum absolute atomic E-state index is 0.898. The highest BCUT2D eigenvalue weighted by Crippen LogP contribution is 2.42. The van der Waals surface area contributed by atoms with E-state index in [1.165, 1.54) is 30.4 Å². The van der Waals surface area contributed by atoms with E-state index in [4.69, 9.17) is 0 Å². The van der Waals surface area contributed by atoms with E-state index in [2.05, 4.69) is 24.4 Å². The molecule has 1 aromatic carbocycles. The Hall–Kier alpha value is -0.820. The monoisotopic (exact) mass is 187 g/mol. The second-order valence-corrected chi connectivity index (χ2v) is 4.68. The number of rotatable bonds is 1. The Morgan fingerprint density at radius 3 is 2.86 bits per heavy atom. The van der Waals surface area contributed by atoms with Crippen molar-refractivity contribution >= 4 is 0 Å². The van der Waals surface area contributed by atoms with E-state index in [1.54, 1.807) is 11.1 Å². The molecule has 0 bridgehead atoms. The lowest BCUT2D eigenvalue weighted by atomic mass is 9.93. The minimum atomic E-state index is 0.898. The second-order valence-electron chi connectivity index (χ2n) is 4.68. The van der Waals surface area contributed by atoms with Crippen molar-refractivity contribution in [2.75, 3.05) is 6.54 Å². The van der Waals surface area contributed by atoms with Crippen LogP contribution in [0.3, 0.4) is 0 Å². The average molecular weight is 187 g/mol. The zero-order valence-corrected chi connectivity index (χ0v) is 8.77. The van der Waals surface area contributed by atoms with Crippen LogP contribution < -0.4 is 5.32 Å². The molecule has 0 spiro atoms. The Labute approximate surface area is 85.5 Å². The van der Waals surface area contributed by atoms with Gasteiger partial charge in [-0.05, 0) is 60.9 Å². The van der Waals surface area contributed by atoms with Crippen LogP contribution in [0.25, 0.3) is 0 Å². The van der Waals surface area contributed by atoms with E-state index in [1.807, 2.05) is 0 Å². The van der Waals surface area contributed by atoms with Crippen LogP contribution in [0.1, 0.15) is 41.0 Å². The molecule has 3 rings (SSSR count). The average Bonchev–Trinajstić information content (AvgIpc) is 3.00. The Bertz CT molecular complexity index is 364. The normalized spacial score (nSPS) is 20.6. The molecule has 1 aliphatic heterocycles. The van der Waals surface area contributed by atoms with Gasteiger partial charge < -0.3 is 5.32 Å². The minimum Gasteiger partial charge on any atom is -0.312 e. The molecule has 1 aromatic rings. The molecule has 0 saturated heterocycles. The highest BCUT2D eigenvalue weighted by Gasteiger charge is 2.26. The van der Waals surface area contributed by atoms with E-state index in [-0.39, 0.29) is 0 Å². The van der Waals surface area contributed by atoms with Gasteiger partial charge in [-0.3, -0.25) is 0 Å². The predicted molar refractivity (Wildman–Crippen MR) is 58.6 cm³/mol. The fourth-order valence-corrected chi connectivity index (χ4v) is 2.51. The molecule has 0 unspecified atom stereocenters. The van der Waals surface area contributed by atoms with Crippen molar-refractivity contribution in [3.63, 3.8) is 0 Å². The second kappa shape index (κ2) is 3.09. The summed E-state index contributed by atoms with van der Waals surface area (Å²) < 4.78 is 0. The number of fused-ring (bicyclic) bond motifs is 1. The molecule has 1 aliphatic carbocycles. The predicted octanol–water partition coefficient (Wildman–Crippen LogP) is 2.52. The Morgan fingerprint density at radius 1 is 1.21 bits per heavy atom. The zero-order chi connectivity index (χ0) is 9.54. The lowest BCUT2D eigenvalue weighted by Crippen LogP contribution is -2.23. The van der Waals surface area contributed by atoms with Crippen LogP contribution in [0.4, 0.5) is 0 Å². The third kappa shape index (κ3) is 1.36. The first kappa shape index (κ1) is 8.49. The lowest BCUT2D eigenvalue weighted by molar-refractivity contribution is 0.642. The van der Waals surface area contributed by atoms with Crippen LogP contribution in [-0.2, 0) is 13.0 Å². The molecule has 1 heterocycles. The molecular weight excluding hydrogens is 170 g/mol. The molecule has 1 saturated carbocycles. The van der Waals surface area contributed by atoms with Gasteiger partial charge in [-0.25, -0.2) is 0 Å². The molecule has 14 heavy (non-hydrogen) atoms. The molecule has 0 radical (unpaired) electrons. The lowest BCUT2D eigenvalue weighted by Gasteiger charge is -2.19. The molecule has 74 valence electrons. The fraction of sp³-hybridized carbons (Fsp3) is 0.538. The summed E-state index contributed by atoms with van der Waals surface area (Å²) in [7, 11) is 0. The van der Waals surface area contributed by atoms with Gasteiger partial charge in [-0.2, -0.15) is 0 Å². The summed E-state index contributed by atoms with van der Waals surface area (Å²) in [6.07, 6.45) is 4.05. The SMILES string of the molecule is Cc1cc2c(cc1C1CC1)CCNC2. The summed E-state index contributed by atoms with van der Waals surface area (Å²) in [6.45, 7) is 4.49. The molecule has 1 fully saturated rings.